The minimum Gasteiger partial charge on any atom is -0.381 e. The molecule has 2 heterocycles. The van der Waals surface area contributed by atoms with Crippen LogP contribution in [0.3, 0.4) is 0 Å². The van der Waals surface area contributed by atoms with E-state index in [4.69, 9.17) is 16.3 Å². The molecule has 158 valence electrons. The highest BCUT2D eigenvalue weighted by atomic mass is 35.5. The molecule has 6 nitrogen and oxygen atoms in total. The third-order valence-electron chi connectivity index (χ3n) is 6.56. The van der Waals surface area contributed by atoms with E-state index in [9.17, 15) is 9.59 Å². The first-order chi connectivity index (χ1) is 13.9. The van der Waals surface area contributed by atoms with Crippen LogP contribution < -0.4 is 5.32 Å². The quantitative estimate of drug-likeness (QED) is 0.815. The van der Waals surface area contributed by atoms with E-state index < -0.39 is 0 Å². The number of rotatable bonds is 4. The standard InChI is InChI=1S/C22H30ClN3O3/c1-14-10-15(5-6-19(14)23)18-11-20(18)24-22(28)25(2)17-4-3-8-26(12-17)21(27)16-7-9-29-13-16/h5-6,10,16-18,20H,3-4,7-9,11-13H2,1-2H3,(H,24,28)/t16-,17-,18-,20+/m1/s1. The van der Waals surface area contributed by atoms with Gasteiger partial charge in [-0.25, -0.2) is 4.79 Å². The second-order valence-electron chi connectivity index (χ2n) is 8.66. The number of hydrogen-bond acceptors (Lipinski definition) is 3. The van der Waals surface area contributed by atoms with Gasteiger partial charge in [-0.3, -0.25) is 4.79 Å². The Morgan fingerprint density at radius 3 is 2.86 bits per heavy atom. The topological polar surface area (TPSA) is 61.9 Å². The molecule has 7 heteroatoms. The van der Waals surface area contributed by atoms with Gasteiger partial charge in [-0.15, -0.1) is 0 Å². The first-order valence-corrected chi connectivity index (χ1v) is 11.0. The molecule has 0 radical (unpaired) electrons. The molecule has 1 aromatic carbocycles. The van der Waals surface area contributed by atoms with Crippen LogP contribution >= 0.6 is 11.6 Å². The Morgan fingerprint density at radius 1 is 1.31 bits per heavy atom. The molecule has 4 rings (SSSR count). The van der Waals surface area contributed by atoms with Crippen molar-refractivity contribution in [2.45, 2.75) is 50.6 Å². The summed E-state index contributed by atoms with van der Waals surface area (Å²) in [6.45, 7) is 4.60. The summed E-state index contributed by atoms with van der Waals surface area (Å²) in [5.74, 6) is 0.527. The molecule has 0 spiro atoms. The summed E-state index contributed by atoms with van der Waals surface area (Å²) in [6, 6.07) is 6.27. The van der Waals surface area contributed by atoms with E-state index in [1.165, 1.54) is 5.56 Å². The van der Waals surface area contributed by atoms with Crippen molar-refractivity contribution >= 4 is 23.5 Å². The Labute approximate surface area is 177 Å². The van der Waals surface area contributed by atoms with Gasteiger partial charge < -0.3 is 19.9 Å². The number of likely N-dealkylation sites (tertiary alicyclic amines) is 1. The lowest BCUT2D eigenvalue weighted by Gasteiger charge is -2.38. The maximum atomic E-state index is 12.8. The molecule has 0 unspecified atom stereocenters. The van der Waals surface area contributed by atoms with Gasteiger partial charge in [0.1, 0.15) is 0 Å². The third-order valence-corrected chi connectivity index (χ3v) is 6.99. The number of halogens is 1. The lowest BCUT2D eigenvalue weighted by Crippen LogP contribution is -2.53. The number of urea groups is 1. The summed E-state index contributed by atoms with van der Waals surface area (Å²) in [7, 11) is 1.84. The molecular weight excluding hydrogens is 390 g/mol. The van der Waals surface area contributed by atoms with Crippen LogP contribution in [0.15, 0.2) is 18.2 Å². The van der Waals surface area contributed by atoms with Gasteiger partial charge in [-0.2, -0.15) is 0 Å². The number of benzene rings is 1. The predicted octanol–water partition coefficient (Wildman–Crippen LogP) is 3.17. The summed E-state index contributed by atoms with van der Waals surface area (Å²) >= 11 is 6.12. The maximum Gasteiger partial charge on any atom is 0.317 e. The average Bonchev–Trinajstić information content (AvgIpc) is 3.26. The number of amides is 3. The normalized spacial score (nSPS) is 28.9. The van der Waals surface area contributed by atoms with Gasteiger partial charge in [-0.1, -0.05) is 23.7 Å². The Balaban J connectivity index is 1.30. The Hall–Kier alpha value is -1.79. The number of likely N-dealkylation sites (N-methyl/N-ethyl adjacent to an activating group) is 1. The minimum absolute atomic E-state index is 0.0112. The first-order valence-electron chi connectivity index (χ1n) is 10.6. The van der Waals surface area contributed by atoms with Crippen LogP contribution in [0, 0.1) is 12.8 Å². The van der Waals surface area contributed by atoms with Crippen molar-refractivity contribution in [1.29, 1.82) is 0 Å². The SMILES string of the molecule is Cc1cc([C@H]2C[C@@H]2NC(=O)N(C)[C@@H]2CCCN(C(=O)[C@@H]3CCOC3)C2)ccc1Cl. The first kappa shape index (κ1) is 20.5. The van der Waals surface area contributed by atoms with Crippen LogP contribution in [0.1, 0.15) is 42.7 Å². The Kier molecular flexibility index (Phi) is 6.02. The van der Waals surface area contributed by atoms with Crippen LogP contribution in [-0.4, -0.2) is 67.2 Å². The van der Waals surface area contributed by atoms with Crippen LogP contribution in [0.5, 0.6) is 0 Å². The molecule has 1 N–H and O–H groups in total. The van der Waals surface area contributed by atoms with Crippen molar-refractivity contribution in [2.75, 3.05) is 33.4 Å². The van der Waals surface area contributed by atoms with Crippen molar-refractivity contribution < 1.29 is 14.3 Å². The van der Waals surface area contributed by atoms with E-state index >= 15 is 0 Å². The number of nitrogens with one attached hydrogen (secondary N) is 1. The van der Waals surface area contributed by atoms with E-state index in [1.54, 1.807) is 4.90 Å². The largest absolute Gasteiger partial charge is 0.381 e. The lowest BCUT2D eigenvalue weighted by molar-refractivity contribution is -0.137. The molecule has 1 aliphatic carbocycles. The number of carbonyl (C=O) groups excluding carboxylic acids is 2. The summed E-state index contributed by atoms with van der Waals surface area (Å²) in [5, 5.41) is 3.94. The van der Waals surface area contributed by atoms with Gasteiger partial charge in [0.15, 0.2) is 0 Å². The summed E-state index contributed by atoms with van der Waals surface area (Å²) < 4.78 is 5.36. The molecule has 1 aromatic rings. The zero-order valence-corrected chi connectivity index (χ0v) is 18.0. The highest BCUT2D eigenvalue weighted by Crippen LogP contribution is 2.41. The lowest BCUT2D eigenvalue weighted by atomic mass is 10.0. The van der Waals surface area contributed by atoms with Crippen molar-refractivity contribution in [2.24, 2.45) is 5.92 Å². The van der Waals surface area contributed by atoms with E-state index in [2.05, 4.69) is 11.4 Å². The second-order valence-corrected chi connectivity index (χ2v) is 9.07. The molecule has 3 aliphatic rings. The van der Waals surface area contributed by atoms with Gasteiger partial charge in [0.25, 0.3) is 0 Å². The van der Waals surface area contributed by atoms with E-state index in [0.29, 0.717) is 25.7 Å². The Bertz CT molecular complexity index is 781. The molecule has 3 fully saturated rings. The fourth-order valence-electron chi connectivity index (χ4n) is 4.51. The van der Waals surface area contributed by atoms with Crippen molar-refractivity contribution in [3.63, 3.8) is 0 Å². The number of hydrogen-bond donors (Lipinski definition) is 1. The highest BCUT2D eigenvalue weighted by molar-refractivity contribution is 6.31. The smallest absolute Gasteiger partial charge is 0.317 e. The third kappa shape index (κ3) is 4.53. The van der Waals surface area contributed by atoms with Gasteiger partial charge in [0.05, 0.1) is 18.6 Å². The van der Waals surface area contributed by atoms with E-state index in [1.807, 2.05) is 31.0 Å². The molecule has 0 aromatic heterocycles. The van der Waals surface area contributed by atoms with E-state index in [-0.39, 0.29) is 29.9 Å². The van der Waals surface area contributed by atoms with Gasteiger partial charge in [0, 0.05) is 43.7 Å². The minimum atomic E-state index is -0.0494. The van der Waals surface area contributed by atoms with Crippen LogP contribution in [0.4, 0.5) is 4.79 Å². The zero-order chi connectivity index (χ0) is 20.5. The molecule has 0 bridgehead atoms. The zero-order valence-electron chi connectivity index (χ0n) is 17.2. The molecule has 2 saturated heterocycles. The summed E-state index contributed by atoms with van der Waals surface area (Å²) in [4.78, 5) is 29.2. The fourth-order valence-corrected chi connectivity index (χ4v) is 4.62. The average molecular weight is 420 g/mol. The summed E-state index contributed by atoms with van der Waals surface area (Å²) in [6.07, 6.45) is 3.62. The molecule has 1 saturated carbocycles. The van der Waals surface area contributed by atoms with Gasteiger partial charge >= 0.3 is 6.03 Å². The van der Waals surface area contributed by atoms with Crippen LogP contribution in [0.25, 0.3) is 0 Å². The predicted molar refractivity (Wildman–Crippen MR) is 112 cm³/mol. The number of carbonyl (C=O) groups is 2. The molecule has 4 atom stereocenters. The van der Waals surface area contributed by atoms with Gasteiger partial charge in [-0.05, 0) is 49.8 Å². The fraction of sp³-hybridized carbons (Fsp3) is 0.636. The monoisotopic (exact) mass is 419 g/mol. The van der Waals surface area contributed by atoms with Crippen molar-refractivity contribution in [1.82, 2.24) is 15.1 Å². The van der Waals surface area contributed by atoms with Gasteiger partial charge in [0.2, 0.25) is 5.91 Å². The molecule has 2 aliphatic heterocycles. The van der Waals surface area contributed by atoms with E-state index in [0.717, 1.165) is 42.8 Å². The Morgan fingerprint density at radius 2 is 2.14 bits per heavy atom. The van der Waals surface area contributed by atoms with Crippen LogP contribution in [0.2, 0.25) is 5.02 Å². The molecular formula is C22H30ClN3O3. The molecule has 29 heavy (non-hydrogen) atoms. The molecule has 3 amide bonds. The number of piperidine rings is 1. The maximum absolute atomic E-state index is 12.8. The van der Waals surface area contributed by atoms with Crippen molar-refractivity contribution in [3.05, 3.63) is 34.3 Å². The number of ether oxygens (including phenoxy) is 1. The summed E-state index contributed by atoms with van der Waals surface area (Å²) in [5.41, 5.74) is 2.30. The number of aryl methyl sites for hydroxylation is 1. The van der Waals surface area contributed by atoms with Crippen LogP contribution in [-0.2, 0) is 9.53 Å². The highest BCUT2D eigenvalue weighted by Gasteiger charge is 2.41. The van der Waals surface area contributed by atoms with Crippen molar-refractivity contribution in [3.8, 4) is 0 Å². The second kappa shape index (κ2) is 8.52. The number of nitrogens with zero attached hydrogens (tertiary/aromatic N) is 2.